The zero-order chi connectivity index (χ0) is 47.6. The van der Waals surface area contributed by atoms with Crippen LogP contribution in [0.3, 0.4) is 0 Å². The molecule has 1 aliphatic heterocycles. The predicted molar refractivity (Wildman–Crippen MR) is 259 cm³/mol. The fourth-order valence-electron chi connectivity index (χ4n) is 8.65. The first-order valence-corrected chi connectivity index (χ1v) is 23.0. The van der Waals surface area contributed by atoms with Crippen molar-refractivity contribution in [2.24, 2.45) is 0 Å². The Morgan fingerprint density at radius 2 is 1.53 bits per heavy atom. The van der Waals surface area contributed by atoms with Crippen LogP contribution in [0.15, 0.2) is 78.1 Å². The van der Waals surface area contributed by atoms with Gasteiger partial charge in [0.1, 0.15) is 17.3 Å². The van der Waals surface area contributed by atoms with Gasteiger partial charge in [-0.05, 0) is 87.2 Å². The van der Waals surface area contributed by atoms with Crippen molar-refractivity contribution in [2.45, 2.75) is 58.9 Å². The average Bonchev–Trinajstić information content (AvgIpc) is 3.87. The van der Waals surface area contributed by atoms with Crippen LogP contribution < -0.4 is 31.7 Å². The maximum atomic E-state index is 13.6. The number of ether oxygens (including phenoxy) is 2. The van der Waals surface area contributed by atoms with Gasteiger partial charge in [-0.1, -0.05) is 18.9 Å². The second-order valence-electron chi connectivity index (χ2n) is 17.0. The Morgan fingerprint density at radius 3 is 2.26 bits per heavy atom. The number of pyridine rings is 4. The molecule has 19 heteroatoms. The molecule has 3 amide bonds. The first kappa shape index (κ1) is 47.3. The number of carbonyl (C=O) groups is 4. The maximum absolute atomic E-state index is 13.6. The van der Waals surface area contributed by atoms with E-state index in [1.54, 1.807) is 66.6 Å². The third-order valence-electron chi connectivity index (χ3n) is 12.2. The third kappa shape index (κ3) is 11.5. The highest BCUT2D eigenvalue weighted by molar-refractivity contribution is 6.15. The number of fused-ring (bicyclic) bond motifs is 2. The number of aromatic nitrogens is 6. The van der Waals surface area contributed by atoms with Crippen molar-refractivity contribution in [2.75, 3.05) is 86.5 Å². The normalized spacial score (nSPS) is 14.3. The first-order valence-electron chi connectivity index (χ1n) is 23.0. The van der Waals surface area contributed by atoms with Gasteiger partial charge in [0.2, 0.25) is 17.8 Å². The minimum atomic E-state index is -0.412. The van der Waals surface area contributed by atoms with E-state index >= 15 is 0 Å². The number of hydrogen-bond donors (Lipinski definition) is 4. The van der Waals surface area contributed by atoms with Gasteiger partial charge in [-0.15, -0.1) is 0 Å². The van der Waals surface area contributed by atoms with Crippen LogP contribution >= 0.6 is 0 Å². The van der Waals surface area contributed by atoms with Crippen LogP contribution in [0.4, 0.5) is 29.0 Å². The molecule has 0 atom stereocenters. The first-order chi connectivity index (χ1) is 33.0. The Labute approximate surface area is 393 Å². The molecule has 2 fully saturated rings. The fourth-order valence-corrected chi connectivity index (χ4v) is 8.65. The number of rotatable bonds is 19. The van der Waals surface area contributed by atoms with Crippen LogP contribution in [-0.2, 0) is 19.1 Å². The van der Waals surface area contributed by atoms with E-state index in [9.17, 15) is 24.0 Å². The summed E-state index contributed by atoms with van der Waals surface area (Å²) in [5, 5.41) is 13.1. The van der Waals surface area contributed by atoms with Gasteiger partial charge < -0.3 is 35.6 Å². The van der Waals surface area contributed by atoms with Gasteiger partial charge in [0.25, 0.3) is 11.5 Å². The number of carbonyl (C=O) groups excluding carboxylic acids is 4. The Kier molecular flexibility index (Phi) is 15.3. The topological polar surface area (TPSA) is 228 Å². The van der Waals surface area contributed by atoms with Crippen molar-refractivity contribution >= 4 is 74.4 Å². The molecule has 2 aliphatic rings. The Morgan fingerprint density at radius 1 is 0.765 bits per heavy atom. The highest BCUT2D eigenvalue weighted by Gasteiger charge is 2.26. The van der Waals surface area contributed by atoms with E-state index in [-0.39, 0.29) is 66.5 Å². The minimum absolute atomic E-state index is 0.00990. The molecule has 5 aromatic heterocycles. The van der Waals surface area contributed by atoms with Gasteiger partial charge in [0.05, 0.1) is 73.6 Å². The minimum Gasteiger partial charge on any atom is -0.379 e. The summed E-state index contributed by atoms with van der Waals surface area (Å²) in [6.07, 6.45) is 10.6. The summed E-state index contributed by atoms with van der Waals surface area (Å²) in [6.45, 7) is 9.64. The zero-order valence-corrected chi connectivity index (χ0v) is 38.5. The number of nitrogens with zero attached hydrogens (tertiary/aromatic N) is 8. The van der Waals surface area contributed by atoms with Gasteiger partial charge in [0.15, 0.2) is 5.78 Å². The van der Waals surface area contributed by atoms with E-state index in [1.165, 1.54) is 6.92 Å². The van der Waals surface area contributed by atoms with Gasteiger partial charge in [-0.3, -0.25) is 38.4 Å². The van der Waals surface area contributed by atoms with Crippen molar-refractivity contribution in [3.63, 3.8) is 0 Å². The number of nitrogens with one attached hydrogen (secondary N) is 4. The van der Waals surface area contributed by atoms with Crippen molar-refractivity contribution in [3.05, 3.63) is 106 Å². The maximum Gasteiger partial charge on any atom is 0.263 e. The lowest BCUT2D eigenvalue weighted by molar-refractivity contribution is -0.122. The monoisotopic (exact) mass is 924 g/mol. The summed E-state index contributed by atoms with van der Waals surface area (Å²) in [6, 6.07) is 14.3. The van der Waals surface area contributed by atoms with E-state index in [4.69, 9.17) is 14.5 Å². The van der Waals surface area contributed by atoms with Crippen LogP contribution in [0, 0.1) is 13.8 Å². The van der Waals surface area contributed by atoms with Crippen LogP contribution in [-0.4, -0.2) is 124 Å². The molecule has 4 N–H and O–H groups in total. The van der Waals surface area contributed by atoms with Crippen LogP contribution in [0.1, 0.15) is 76.9 Å². The molecule has 19 nitrogen and oxygen atoms in total. The van der Waals surface area contributed by atoms with Gasteiger partial charge in [-0.25, -0.2) is 15.0 Å². The number of hydrogen-bond acceptors (Lipinski definition) is 15. The molecule has 68 heavy (non-hydrogen) atoms. The second-order valence-corrected chi connectivity index (χ2v) is 17.0. The van der Waals surface area contributed by atoms with E-state index in [0.29, 0.717) is 83.6 Å². The van der Waals surface area contributed by atoms with Gasteiger partial charge in [-0.2, -0.15) is 4.98 Å². The molecule has 1 saturated carbocycles. The molecule has 1 aromatic carbocycles. The SMILES string of the molecule is CC(=O)c1c(C)c2cnc(Nc3ccc(N4CCN(CC(=O)NCCOCCOCCC(=O)Nc5c(C(=O)Nc6ccc(C)cn6)ccc6ncccc56)CC4)cn3)nc2n(C2CCCC2)c1=O. The predicted octanol–water partition coefficient (Wildman–Crippen LogP) is 5.36. The van der Waals surface area contributed by atoms with Crippen molar-refractivity contribution < 1.29 is 28.7 Å². The van der Waals surface area contributed by atoms with E-state index < -0.39 is 5.91 Å². The number of Topliss-reactive ketones (excluding diaryl/α,β-unsaturated/α-hetero) is 1. The lowest BCUT2D eigenvalue weighted by Gasteiger charge is -2.35. The number of piperazine rings is 1. The Balaban J connectivity index is 0.714. The lowest BCUT2D eigenvalue weighted by atomic mass is 10.0. The molecular weight excluding hydrogens is 869 g/mol. The number of amides is 3. The van der Waals surface area contributed by atoms with E-state index in [1.807, 2.05) is 25.1 Å². The van der Waals surface area contributed by atoms with Crippen molar-refractivity contribution in [3.8, 4) is 0 Å². The molecule has 1 saturated heterocycles. The standard InChI is InChI=1S/C49H56N12O7/c1-31-10-14-40(52-27-31)55-47(65)37-12-13-39-36(9-6-17-50-39)45(37)57-42(63)16-23-67-25-26-68-24-18-51-43(64)30-59-19-21-60(22-20-59)35-11-15-41(53-28-35)56-49-54-29-38-32(2)44(33(3)62)48(66)61(46(38)58-49)34-7-4-5-8-34/h6,9-15,17,27-29,34H,4-5,7-8,16,18-26,30H2,1-3H3,(H,51,64)(H,57,63)(H,52,55,65)(H,53,54,56,58). The smallest absolute Gasteiger partial charge is 0.263 e. The van der Waals surface area contributed by atoms with Crippen LogP contribution in [0.25, 0.3) is 21.9 Å². The van der Waals surface area contributed by atoms with E-state index in [0.717, 1.165) is 50.0 Å². The van der Waals surface area contributed by atoms with E-state index in [2.05, 4.69) is 51.0 Å². The highest BCUT2D eigenvalue weighted by atomic mass is 16.5. The van der Waals surface area contributed by atoms with Gasteiger partial charge in [0, 0.05) is 68.1 Å². The van der Waals surface area contributed by atoms with Gasteiger partial charge >= 0.3 is 0 Å². The summed E-state index contributed by atoms with van der Waals surface area (Å²) >= 11 is 0. The second kappa shape index (κ2) is 22.1. The number of ketones is 1. The summed E-state index contributed by atoms with van der Waals surface area (Å²) in [5.41, 5.74) is 4.22. The fraction of sp³-hybridized carbons (Fsp3) is 0.388. The quantitative estimate of drug-likeness (QED) is 0.0592. The highest BCUT2D eigenvalue weighted by Crippen LogP contribution is 2.32. The molecule has 1 aliphatic carbocycles. The van der Waals surface area contributed by atoms with Crippen molar-refractivity contribution in [1.29, 1.82) is 0 Å². The average molecular weight is 925 g/mol. The molecule has 8 rings (SSSR count). The summed E-state index contributed by atoms with van der Waals surface area (Å²) < 4.78 is 13.0. The molecule has 0 bridgehead atoms. The number of anilines is 5. The van der Waals surface area contributed by atoms with Crippen molar-refractivity contribution in [1.82, 2.24) is 39.7 Å². The molecular formula is C49H56N12O7. The Hall–Kier alpha value is -7.22. The molecule has 6 aromatic rings. The lowest BCUT2D eigenvalue weighted by Crippen LogP contribution is -2.49. The molecule has 0 unspecified atom stereocenters. The van der Waals surface area contributed by atoms with Crippen LogP contribution in [0.2, 0.25) is 0 Å². The molecule has 354 valence electrons. The molecule has 0 spiro atoms. The van der Waals surface area contributed by atoms with Crippen LogP contribution in [0.5, 0.6) is 0 Å². The molecule has 0 radical (unpaired) electrons. The number of benzene rings is 1. The third-order valence-corrected chi connectivity index (χ3v) is 12.2. The zero-order valence-electron chi connectivity index (χ0n) is 38.5. The molecule has 6 heterocycles. The number of aryl methyl sites for hydroxylation is 2. The summed E-state index contributed by atoms with van der Waals surface area (Å²) in [4.78, 5) is 91.8. The summed E-state index contributed by atoms with van der Waals surface area (Å²) in [5.74, 6) is 0.195. The largest absolute Gasteiger partial charge is 0.379 e. The summed E-state index contributed by atoms with van der Waals surface area (Å²) in [7, 11) is 0. The Bertz CT molecular complexity index is 2840.